The zero-order valence-electron chi connectivity index (χ0n) is 12.7. The van der Waals surface area contributed by atoms with Crippen LogP contribution in [-0.2, 0) is 6.42 Å². The Morgan fingerprint density at radius 1 is 1.27 bits per heavy atom. The van der Waals surface area contributed by atoms with Gasteiger partial charge in [0.15, 0.2) is 0 Å². The van der Waals surface area contributed by atoms with Crippen LogP contribution in [0.25, 0.3) is 16.9 Å². The summed E-state index contributed by atoms with van der Waals surface area (Å²) in [5.74, 6) is 0.796. The number of fused-ring (bicyclic) bond motifs is 1. The topological polar surface area (TPSA) is 50.3 Å². The van der Waals surface area contributed by atoms with Gasteiger partial charge < -0.3 is 9.14 Å². The Balaban J connectivity index is 2.26. The molecule has 3 aromatic rings. The number of para-hydroxylation sites is 1. The van der Waals surface area contributed by atoms with Crippen molar-refractivity contribution in [2.45, 2.75) is 20.3 Å². The lowest BCUT2D eigenvalue weighted by Gasteiger charge is -2.09. The zero-order valence-corrected chi connectivity index (χ0v) is 12.7. The molecule has 3 rings (SSSR count). The number of rotatable bonds is 4. The van der Waals surface area contributed by atoms with E-state index < -0.39 is 0 Å². The number of aryl methyl sites for hydroxylation is 1. The molecular formula is C18H17N3O. The Kier molecular flexibility index (Phi) is 3.80. The number of hydrogen-bond acceptors (Lipinski definition) is 3. The largest absolute Gasteiger partial charge is 0.493 e. The molecule has 0 bridgehead atoms. The van der Waals surface area contributed by atoms with Crippen LogP contribution in [-0.4, -0.2) is 16.0 Å². The molecule has 4 nitrogen and oxygen atoms in total. The number of imidazole rings is 1. The second-order valence-corrected chi connectivity index (χ2v) is 5.10. The molecule has 110 valence electrons. The summed E-state index contributed by atoms with van der Waals surface area (Å²) >= 11 is 0. The molecule has 0 saturated heterocycles. The van der Waals surface area contributed by atoms with Gasteiger partial charge in [-0.3, -0.25) is 0 Å². The van der Waals surface area contributed by atoms with E-state index >= 15 is 0 Å². The molecule has 4 heteroatoms. The Bertz CT molecular complexity index is 858. The molecule has 0 unspecified atom stereocenters. The van der Waals surface area contributed by atoms with E-state index in [9.17, 15) is 5.26 Å². The highest BCUT2D eigenvalue weighted by molar-refractivity contribution is 5.72. The van der Waals surface area contributed by atoms with E-state index in [1.165, 1.54) is 0 Å². The number of pyridine rings is 1. The number of nitriles is 1. The van der Waals surface area contributed by atoms with E-state index in [2.05, 4.69) is 6.07 Å². The van der Waals surface area contributed by atoms with Crippen molar-refractivity contribution in [1.82, 2.24) is 9.38 Å². The predicted molar refractivity (Wildman–Crippen MR) is 85.9 cm³/mol. The Morgan fingerprint density at radius 2 is 2.09 bits per heavy atom. The summed E-state index contributed by atoms with van der Waals surface area (Å²) < 4.78 is 7.69. The normalized spacial score (nSPS) is 10.6. The molecule has 1 aromatic carbocycles. The second-order valence-electron chi connectivity index (χ2n) is 5.10. The molecule has 0 amide bonds. The minimum atomic E-state index is 0.306. The molecule has 0 spiro atoms. The maximum Gasteiger partial charge on any atom is 0.137 e. The minimum absolute atomic E-state index is 0.306. The van der Waals surface area contributed by atoms with E-state index in [1.807, 2.05) is 60.8 Å². The van der Waals surface area contributed by atoms with Gasteiger partial charge >= 0.3 is 0 Å². The standard InChI is InChI=1S/C18H17N3O/c1-3-22-16-7-5-4-6-14(16)18-15(8-10-19)21-11-9-13(2)12-17(21)20-18/h4-7,9,11-12H,3,8H2,1-2H3. The van der Waals surface area contributed by atoms with Crippen LogP contribution in [0, 0.1) is 18.3 Å². The van der Waals surface area contributed by atoms with Crippen molar-refractivity contribution in [2.75, 3.05) is 6.61 Å². The second kappa shape index (κ2) is 5.90. The van der Waals surface area contributed by atoms with E-state index in [0.717, 1.165) is 33.9 Å². The fourth-order valence-electron chi connectivity index (χ4n) is 2.60. The average Bonchev–Trinajstić information content (AvgIpc) is 2.86. The first-order chi connectivity index (χ1) is 10.7. The van der Waals surface area contributed by atoms with Crippen molar-refractivity contribution in [2.24, 2.45) is 0 Å². The summed E-state index contributed by atoms with van der Waals surface area (Å²) in [5, 5.41) is 9.17. The first-order valence-electron chi connectivity index (χ1n) is 7.31. The molecule has 0 aliphatic rings. The lowest BCUT2D eigenvalue weighted by Crippen LogP contribution is -1.97. The SMILES string of the molecule is CCOc1ccccc1-c1nc2cc(C)ccn2c1CC#N. The fraction of sp³-hybridized carbons (Fsp3) is 0.222. The maximum atomic E-state index is 9.17. The van der Waals surface area contributed by atoms with Gasteiger partial charge in [0.05, 0.1) is 30.5 Å². The van der Waals surface area contributed by atoms with Crippen LogP contribution >= 0.6 is 0 Å². The molecule has 0 aliphatic carbocycles. The van der Waals surface area contributed by atoms with Gasteiger partial charge in [0.25, 0.3) is 0 Å². The Labute approximate surface area is 129 Å². The highest BCUT2D eigenvalue weighted by Crippen LogP contribution is 2.32. The molecule has 2 heterocycles. The summed E-state index contributed by atoms with van der Waals surface area (Å²) in [6.45, 7) is 4.59. The number of hydrogen-bond donors (Lipinski definition) is 0. The van der Waals surface area contributed by atoms with E-state index in [1.54, 1.807) is 0 Å². The summed E-state index contributed by atoms with van der Waals surface area (Å²) in [7, 11) is 0. The van der Waals surface area contributed by atoms with E-state index in [0.29, 0.717) is 13.0 Å². The van der Waals surface area contributed by atoms with Crippen molar-refractivity contribution in [3.8, 4) is 23.1 Å². The number of aromatic nitrogens is 2. The molecule has 0 N–H and O–H groups in total. The molecule has 22 heavy (non-hydrogen) atoms. The Morgan fingerprint density at radius 3 is 2.86 bits per heavy atom. The number of benzene rings is 1. The Hall–Kier alpha value is -2.80. The molecule has 0 saturated carbocycles. The van der Waals surface area contributed by atoms with Gasteiger partial charge in [-0.15, -0.1) is 0 Å². The average molecular weight is 291 g/mol. The van der Waals surface area contributed by atoms with E-state index in [4.69, 9.17) is 9.72 Å². The van der Waals surface area contributed by atoms with Gasteiger partial charge in [-0.25, -0.2) is 4.98 Å². The van der Waals surface area contributed by atoms with Gasteiger partial charge in [-0.2, -0.15) is 5.26 Å². The van der Waals surface area contributed by atoms with Crippen LogP contribution in [0.2, 0.25) is 0 Å². The molecule has 0 atom stereocenters. The highest BCUT2D eigenvalue weighted by atomic mass is 16.5. The molecule has 0 radical (unpaired) electrons. The zero-order chi connectivity index (χ0) is 15.5. The highest BCUT2D eigenvalue weighted by Gasteiger charge is 2.17. The maximum absolute atomic E-state index is 9.17. The van der Waals surface area contributed by atoms with Crippen LogP contribution in [0.5, 0.6) is 5.75 Å². The van der Waals surface area contributed by atoms with Crippen molar-refractivity contribution in [1.29, 1.82) is 5.26 Å². The lowest BCUT2D eigenvalue weighted by molar-refractivity contribution is 0.341. The van der Waals surface area contributed by atoms with Crippen molar-refractivity contribution in [3.63, 3.8) is 0 Å². The van der Waals surface area contributed by atoms with Crippen LogP contribution in [0.15, 0.2) is 42.6 Å². The van der Waals surface area contributed by atoms with Crippen molar-refractivity contribution >= 4 is 5.65 Å². The van der Waals surface area contributed by atoms with E-state index in [-0.39, 0.29) is 0 Å². The number of ether oxygens (including phenoxy) is 1. The van der Waals surface area contributed by atoms with Gasteiger partial charge in [0.1, 0.15) is 11.4 Å². The number of nitrogens with zero attached hydrogens (tertiary/aromatic N) is 3. The summed E-state index contributed by atoms with van der Waals surface area (Å²) in [4.78, 5) is 4.74. The van der Waals surface area contributed by atoms with Crippen molar-refractivity contribution < 1.29 is 4.74 Å². The molecule has 0 aliphatic heterocycles. The fourth-order valence-corrected chi connectivity index (χ4v) is 2.60. The third-order valence-electron chi connectivity index (χ3n) is 3.57. The van der Waals surface area contributed by atoms with Gasteiger partial charge in [0.2, 0.25) is 0 Å². The van der Waals surface area contributed by atoms with Crippen LogP contribution in [0.1, 0.15) is 18.2 Å². The monoisotopic (exact) mass is 291 g/mol. The van der Waals surface area contributed by atoms with Crippen LogP contribution in [0.3, 0.4) is 0 Å². The molecular weight excluding hydrogens is 274 g/mol. The van der Waals surface area contributed by atoms with Crippen molar-refractivity contribution in [3.05, 3.63) is 53.9 Å². The smallest absolute Gasteiger partial charge is 0.137 e. The summed E-state index contributed by atoms with van der Waals surface area (Å²) in [5.41, 5.74) is 4.63. The minimum Gasteiger partial charge on any atom is -0.493 e. The van der Waals surface area contributed by atoms with Gasteiger partial charge in [-0.1, -0.05) is 12.1 Å². The van der Waals surface area contributed by atoms with Gasteiger partial charge in [0, 0.05) is 11.8 Å². The molecule has 2 aromatic heterocycles. The van der Waals surface area contributed by atoms with Crippen LogP contribution < -0.4 is 4.74 Å². The lowest BCUT2D eigenvalue weighted by atomic mass is 10.1. The third kappa shape index (κ3) is 2.42. The predicted octanol–water partition coefficient (Wildman–Crippen LogP) is 3.77. The summed E-state index contributed by atoms with van der Waals surface area (Å²) in [6.07, 6.45) is 2.27. The molecule has 0 fully saturated rings. The van der Waals surface area contributed by atoms with Gasteiger partial charge in [-0.05, 0) is 43.7 Å². The first kappa shape index (κ1) is 14.2. The van der Waals surface area contributed by atoms with Crippen LogP contribution in [0.4, 0.5) is 0 Å². The summed E-state index contributed by atoms with van der Waals surface area (Å²) in [6, 6.07) is 14.1. The first-order valence-corrected chi connectivity index (χ1v) is 7.31. The quantitative estimate of drug-likeness (QED) is 0.735. The third-order valence-corrected chi connectivity index (χ3v) is 3.57.